The van der Waals surface area contributed by atoms with Gasteiger partial charge in [0.1, 0.15) is 10.6 Å². The van der Waals surface area contributed by atoms with Crippen LogP contribution in [-0.2, 0) is 23.0 Å². The Morgan fingerprint density at radius 1 is 0.900 bits per heavy atom. The molecule has 0 atom stereocenters. The fourth-order valence-electron chi connectivity index (χ4n) is 3.51. The van der Waals surface area contributed by atoms with Crippen molar-refractivity contribution in [3.8, 4) is 23.0 Å². The van der Waals surface area contributed by atoms with Crippen LogP contribution in [0.3, 0.4) is 0 Å². The first kappa shape index (κ1) is 21.7. The predicted molar refractivity (Wildman–Crippen MR) is 109 cm³/mol. The highest BCUT2D eigenvalue weighted by atomic mass is 32.2. The first-order valence-corrected chi connectivity index (χ1v) is 10.6. The zero-order valence-corrected chi connectivity index (χ0v) is 18.0. The van der Waals surface area contributed by atoms with Crippen LogP contribution in [0.2, 0.25) is 0 Å². The van der Waals surface area contributed by atoms with Crippen molar-refractivity contribution in [3.05, 3.63) is 41.0 Å². The molecule has 2 aromatic carbocycles. The average Bonchev–Trinajstić information content (AvgIpc) is 2.75. The third-order valence-electron chi connectivity index (χ3n) is 5.00. The van der Waals surface area contributed by atoms with Crippen LogP contribution in [0.15, 0.2) is 29.2 Å². The van der Waals surface area contributed by atoms with Crippen molar-refractivity contribution >= 4 is 15.9 Å². The second kappa shape index (κ2) is 8.41. The van der Waals surface area contributed by atoms with Gasteiger partial charge in [-0.1, -0.05) is 0 Å². The van der Waals surface area contributed by atoms with E-state index in [0.717, 1.165) is 11.1 Å². The number of carbonyl (C=O) groups is 1. The molecular formula is C20H24N2O7S. The lowest BCUT2D eigenvalue weighted by atomic mass is 9.98. The van der Waals surface area contributed by atoms with Crippen molar-refractivity contribution in [1.29, 1.82) is 0 Å². The maximum absolute atomic E-state index is 13.2. The van der Waals surface area contributed by atoms with E-state index in [1.165, 1.54) is 34.5 Å². The second-order valence-corrected chi connectivity index (χ2v) is 8.24. The van der Waals surface area contributed by atoms with Gasteiger partial charge in [0.25, 0.3) is 5.91 Å². The monoisotopic (exact) mass is 436 g/mol. The highest BCUT2D eigenvalue weighted by Crippen LogP contribution is 2.39. The van der Waals surface area contributed by atoms with Crippen molar-refractivity contribution in [2.45, 2.75) is 17.9 Å². The Kier molecular flexibility index (Phi) is 6.09. The zero-order chi connectivity index (χ0) is 22.1. The molecular weight excluding hydrogens is 412 g/mol. The van der Waals surface area contributed by atoms with Crippen LogP contribution in [0, 0.1) is 0 Å². The number of rotatable bonds is 6. The summed E-state index contributed by atoms with van der Waals surface area (Å²) in [5.41, 5.74) is 2.00. The Morgan fingerprint density at radius 3 is 2.00 bits per heavy atom. The number of nitrogens with zero attached hydrogens (tertiary/aromatic N) is 1. The SMILES string of the molecule is COc1cc2c(cc1S(N)(=O)=O)CCN(C(=O)c1cc(OC)c(OC)c(OC)c1)C2. The van der Waals surface area contributed by atoms with Gasteiger partial charge < -0.3 is 23.8 Å². The molecule has 1 heterocycles. The molecule has 0 saturated carbocycles. The number of carbonyl (C=O) groups excluding carboxylic acids is 1. The molecule has 2 N–H and O–H groups in total. The highest BCUT2D eigenvalue weighted by Gasteiger charge is 2.27. The minimum Gasteiger partial charge on any atom is -0.495 e. The van der Waals surface area contributed by atoms with E-state index in [9.17, 15) is 13.2 Å². The topological polar surface area (TPSA) is 117 Å². The Labute approximate surface area is 175 Å². The van der Waals surface area contributed by atoms with Gasteiger partial charge in [0.05, 0.1) is 28.4 Å². The van der Waals surface area contributed by atoms with Crippen molar-refractivity contribution in [3.63, 3.8) is 0 Å². The zero-order valence-electron chi connectivity index (χ0n) is 17.2. The van der Waals surface area contributed by atoms with E-state index in [2.05, 4.69) is 0 Å². The van der Waals surface area contributed by atoms with Gasteiger partial charge in [0.2, 0.25) is 15.8 Å². The molecule has 0 fully saturated rings. The molecule has 0 bridgehead atoms. The standard InChI is InChI=1S/C20H24N2O7S/c1-26-15-9-14-11-22(6-5-12(14)10-18(15)30(21,24)25)20(23)13-7-16(27-2)19(29-4)17(8-13)28-3/h7-10H,5-6,11H2,1-4H3,(H2,21,24,25). The van der Waals surface area contributed by atoms with Gasteiger partial charge >= 0.3 is 0 Å². The first-order valence-electron chi connectivity index (χ1n) is 9.05. The molecule has 0 radical (unpaired) electrons. The minimum atomic E-state index is -3.92. The first-order chi connectivity index (χ1) is 14.2. The molecule has 30 heavy (non-hydrogen) atoms. The Balaban J connectivity index is 1.95. The molecule has 0 aliphatic carbocycles. The molecule has 10 heteroatoms. The van der Waals surface area contributed by atoms with Crippen LogP contribution in [0.1, 0.15) is 21.5 Å². The summed E-state index contributed by atoms with van der Waals surface area (Å²) in [4.78, 5) is 14.8. The molecule has 162 valence electrons. The quantitative estimate of drug-likeness (QED) is 0.730. The van der Waals surface area contributed by atoms with Crippen molar-refractivity contribution < 1.29 is 32.2 Å². The Bertz CT molecular complexity index is 1060. The van der Waals surface area contributed by atoms with E-state index in [1.807, 2.05) is 0 Å². The summed E-state index contributed by atoms with van der Waals surface area (Å²) in [5.74, 6) is 1.11. The van der Waals surface area contributed by atoms with Gasteiger partial charge in [-0.15, -0.1) is 0 Å². The number of fused-ring (bicyclic) bond motifs is 1. The third-order valence-corrected chi connectivity index (χ3v) is 5.94. The van der Waals surface area contributed by atoms with Crippen LogP contribution in [0.25, 0.3) is 0 Å². The van der Waals surface area contributed by atoms with Crippen LogP contribution < -0.4 is 24.1 Å². The minimum absolute atomic E-state index is 0.0619. The van der Waals surface area contributed by atoms with E-state index >= 15 is 0 Å². The number of hydrogen-bond donors (Lipinski definition) is 1. The molecule has 0 spiro atoms. The molecule has 1 aliphatic heterocycles. The van der Waals surface area contributed by atoms with Crippen LogP contribution in [0.4, 0.5) is 0 Å². The summed E-state index contributed by atoms with van der Waals surface area (Å²) in [7, 11) is 1.91. The summed E-state index contributed by atoms with van der Waals surface area (Å²) in [5, 5.41) is 5.29. The number of primary sulfonamides is 1. The maximum Gasteiger partial charge on any atom is 0.254 e. The maximum atomic E-state index is 13.2. The number of ether oxygens (including phenoxy) is 4. The highest BCUT2D eigenvalue weighted by molar-refractivity contribution is 7.89. The molecule has 1 aliphatic rings. The lowest BCUT2D eigenvalue weighted by Gasteiger charge is -2.30. The smallest absolute Gasteiger partial charge is 0.254 e. The largest absolute Gasteiger partial charge is 0.495 e. The summed E-state index contributed by atoms with van der Waals surface area (Å²) < 4.78 is 44.8. The van der Waals surface area contributed by atoms with Gasteiger partial charge in [-0.05, 0) is 41.8 Å². The summed E-state index contributed by atoms with van der Waals surface area (Å²) in [6, 6.07) is 6.34. The number of methoxy groups -OCH3 is 4. The molecule has 2 aromatic rings. The van der Waals surface area contributed by atoms with E-state index in [0.29, 0.717) is 42.3 Å². The summed E-state index contributed by atoms with van der Waals surface area (Å²) in [6.45, 7) is 0.713. The number of benzene rings is 2. The number of amides is 1. The van der Waals surface area contributed by atoms with Gasteiger partial charge in [-0.3, -0.25) is 4.79 Å². The van der Waals surface area contributed by atoms with E-state index in [-0.39, 0.29) is 16.6 Å². The van der Waals surface area contributed by atoms with E-state index in [4.69, 9.17) is 24.1 Å². The van der Waals surface area contributed by atoms with Crippen LogP contribution in [0.5, 0.6) is 23.0 Å². The molecule has 1 amide bonds. The summed E-state index contributed by atoms with van der Waals surface area (Å²) >= 11 is 0. The Morgan fingerprint density at radius 2 is 1.50 bits per heavy atom. The van der Waals surface area contributed by atoms with Gasteiger partial charge in [0, 0.05) is 18.7 Å². The number of nitrogens with two attached hydrogens (primary N) is 1. The molecule has 9 nitrogen and oxygen atoms in total. The molecule has 0 aromatic heterocycles. The number of hydrogen-bond acceptors (Lipinski definition) is 7. The van der Waals surface area contributed by atoms with Gasteiger partial charge in [-0.25, -0.2) is 13.6 Å². The van der Waals surface area contributed by atoms with Gasteiger partial charge in [0.15, 0.2) is 11.5 Å². The molecule has 0 unspecified atom stereocenters. The molecule has 0 saturated heterocycles. The summed E-state index contributed by atoms with van der Waals surface area (Å²) in [6.07, 6.45) is 0.484. The fourth-order valence-corrected chi connectivity index (χ4v) is 4.24. The average molecular weight is 436 g/mol. The normalized spacial score (nSPS) is 13.4. The lowest BCUT2D eigenvalue weighted by Crippen LogP contribution is -2.36. The van der Waals surface area contributed by atoms with E-state index in [1.54, 1.807) is 23.1 Å². The van der Waals surface area contributed by atoms with Crippen LogP contribution in [-0.4, -0.2) is 54.2 Å². The van der Waals surface area contributed by atoms with Crippen molar-refractivity contribution in [2.75, 3.05) is 35.0 Å². The fraction of sp³-hybridized carbons (Fsp3) is 0.350. The van der Waals surface area contributed by atoms with Gasteiger partial charge in [-0.2, -0.15) is 0 Å². The van der Waals surface area contributed by atoms with Crippen molar-refractivity contribution in [2.24, 2.45) is 5.14 Å². The Hall–Kier alpha value is -2.98. The predicted octanol–water partition coefficient (Wildman–Crippen LogP) is 1.57. The second-order valence-electron chi connectivity index (χ2n) is 6.71. The molecule has 3 rings (SSSR count). The van der Waals surface area contributed by atoms with E-state index < -0.39 is 10.0 Å². The third kappa shape index (κ3) is 4.01. The van der Waals surface area contributed by atoms with Crippen molar-refractivity contribution in [1.82, 2.24) is 4.90 Å². The van der Waals surface area contributed by atoms with Crippen LogP contribution >= 0.6 is 0 Å². The lowest BCUT2D eigenvalue weighted by molar-refractivity contribution is 0.0733. The number of sulfonamides is 1.